The van der Waals surface area contributed by atoms with Crippen LogP contribution in [0.25, 0.3) is 22.5 Å². The maximum absolute atomic E-state index is 11.9. The molecule has 0 radical (unpaired) electrons. The Kier molecular flexibility index (Phi) is 5.46. The van der Waals surface area contributed by atoms with Gasteiger partial charge in [0, 0.05) is 10.9 Å². The predicted octanol–water partition coefficient (Wildman–Crippen LogP) is 5.43. The Balaban J connectivity index is 1.51. The molecule has 0 aliphatic carbocycles. The second-order valence-corrected chi connectivity index (χ2v) is 7.62. The third kappa shape index (κ3) is 3.89. The molecule has 2 aromatic heterocycles. The molecule has 0 aliphatic rings. The molecule has 0 saturated carbocycles. The van der Waals surface area contributed by atoms with Gasteiger partial charge in [-0.15, -0.1) is 0 Å². The first kappa shape index (κ1) is 20.0. The molecule has 0 aliphatic heterocycles. The van der Waals surface area contributed by atoms with E-state index in [4.69, 9.17) is 8.83 Å². The van der Waals surface area contributed by atoms with Crippen molar-refractivity contribution in [3.63, 3.8) is 0 Å². The number of furan rings is 1. The summed E-state index contributed by atoms with van der Waals surface area (Å²) in [6, 6.07) is 17.4. The van der Waals surface area contributed by atoms with E-state index in [2.05, 4.69) is 0 Å². The number of benzene rings is 2. The van der Waals surface area contributed by atoms with E-state index in [1.54, 1.807) is 6.92 Å². The summed E-state index contributed by atoms with van der Waals surface area (Å²) >= 11 is 0. The van der Waals surface area contributed by atoms with E-state index in [0.717, 1.165) is 29.4 Å². The summed E-state index contributed by atoms with van der Waals surface area (Å²) in [6.45, 7) is 3.22. The van der Waals surface area contributed by atoms with Crippen LogP contribution in [-0.4, -0.2) is 10.2 Å². The second-order valence-electron chi connectivity index (χ2n) is 7.62. The lowest BCUT2D eigenvalue weighted by Gasteiger charge is -2.10. The van der Waals surface area contributed by atoms with E-state index in [0.29, 0.717) is 23.3 Å². The number of hydrogen-bond acceptors (Lipinski definition) is 5. The summed E-state index contributed by atoms with van der Waals surface area (Å²) in [5, 5.41) is 21.4. The van der Waals surface area contributed by atoms with E-state index in [-0.39, 0.29) is 17.1 Å². The zero-order valence-electron chi connectivity index (χ0n) is 17.0. The minimum absolute atomic E-state index is 0.0700. The van der Waals surface area contributed by atoms with E-state index in [1.807, 2.05) is 54.6 Å². The van der Waals surface area contributed by atoms with Crippen molar-refractivity contribution >= 4 is 11.0 Å². The number of hydrogen-bond donors (Lipinski definition) is 2. The number of fused-ring (bicyclic) bond motifs is 1. The van der Waals surface area contributed by atoms with E-state index in [9.17, 15) is 15.0 Å². The molecule has 2 heterocycles. The van der Waals surface area contributed by atoms with Gasteiger partial charge in [0.1, 0.15) is 11.3 Å². The van der Waals surface area contributed by atoms with E-state index in [1.165, 1.54) is 6.92 Å². The van der Waals surface area contributed by atoms with Gasteiger partial charge >= 0.3 is 5.63 Å². The zero-order valence-corrected chi connectivity index (χ0v) is 17.0. The van der Waals surface area contributed by atoms with Crippen molar-refractivity contribution in [3.05, 3.63) is 87.3 Å². The molecule has 0 spiro atoms. The summed E-state index contributed by atoms with van der Waals surface area (Å²) in [7, 11) is 0. The average molecular weight is 404 g/mol. The highest BCUT2D eigenvalue weighted by Crippen LogP contribution is 2.34. The molecule has 0 bridgehead atoms. The summed E-state index contributed by atoms with van der Waals surface area (Å²) < 4.78 is 11.2. The molecule has 0 amide bonds. The fourth-order valence-electron chi connectivity index (χ4n) is 3.67. The molecular weight excluding hydrogens is 380 g/mol. The zero-order chi connectivity index (χ0) is 21.3. The Morgan fingerprint density at radius 1 is 0.967 bits per heavy atom. The molecular formula is C25H24O5. The van der Waals surface area contributed by atoms with Crippen molar-refractivity contribution < 1.29 is 19.0 Å². The van der Waals surface area contributed by atoms with Crippen LogP contribution in [0.15, 0.2) is 68.2 Å². The predicted molar refractivity (Wildman–Crippen MR) is 116 cm³/mol. The van der Waals surface area contributed by atoms with Crippen LogP contribution in [0.1, 0.15) is 41.2 Å². The largest absolute Gasteiger partial charge is 0.507 e. The molecule has 1 unspecified atom stereocenters. The maximum Gasteiger partial charge on any atom is 0.343 e. The van der Waals surface area contributed by atoms with Gasteiger partial charge in [0.15, 0.2) is 11.5 Å². The van der Waals surface area contributed by atoms with Crippen molar-refractivity contribution in [1.82, 2.24) is 0 Å². The van der Waals surface area contributed by atoms with Gasteiger partial charge in [-0.3, -0.25) is 0 Å². The second kappa shape index (κ2) is 8.20. The van der Waals surface area contributed by atoms with Gasteiger partial charge < -0.3 is 19.0 Å². The van der Waals surface area contributed by atoms with Crippen LogP contribution in [0.4, 0.5) is 0 Å². The van der Waals surface area contributed by atoms with Gasteiger partial charge in [-0.05, 0) is 62.4 Å². The van der Waals surface area contributed by atoms with E-state index >= 15 is 0 Å². The van der Waals surface area contributed by atoms with Crippen molar-refractivity contribution in [2.45, 2.75) is 39.2 Å². The van der Waals surface area contributed by atoms with Gasteiger partial charge in [0.2, 0.25) is 0 Å². The van der Waals surface area contributed by atoms with Gasteiger partial charge in [0.25, 0.3) is 0 Å². The standard InChI is InChI=1S/C25H24O5/c1-15-23(27)16(2)25(28)30-24(15)22-14-19-13-17(11-12-21(19)29-22)7-6-10-20(26)18-8-4-3-5-9-18/h3-5,8-9,11-14,20,26-27H,6-7,10H2,1-2H3. The third-order valence-corrected chi connectivity index (χ3v) is 5.48. The van der Waals surface area contributed by atoms with Crippen LogP contribution in [0.2, 0.25) is 0 Å². The fourth-order valence-corrected chi connectivity index (χ4v) is 3.67. The lowest BCUT2D eigenvalue weighted by atomic mass is 10.0. The molecule has 2 aromatic carbocycles. The molecule has 30 heavy (non-hydrogen) atoms. The van der Waals surface area contributed by atoms with Crippen molar-refractivity contribution in [2.24, 2.45) is 0 Å². The number of aliphatic hydroxyl groups excluding tert-OH is 1. The summed E-state index contributed by atoms with van der Waals surface area (Å²) in [6.07, 6.45) is 1.91. The van der Waals surface area contributed by atoms with Gasteiger partial charge in [-0.2, -0.15) is 0 Å². The SMILES string of the molecule is Cc1c(-c2cc3cc(CCCC(O)c4ccccc4)ccc3o2)oc(=O)c(C)c1O. The number of aliphatic hydroxyl groups is 1. The van der Waals surface area contributed by atoms with Crippen LogP contribution < -0.4 is 5.63 Å². The highest BCUT2D eigenvalue weighted by atomic mass is 16.4. The molecule has 0 saturated heterocycles. The van der Waals surface area contributed by atoms with Gasteiger partial charge in [-0.25, -0.2) is 4.79 Å². The molecule has 1 atom stereocenters. The quantitative estimate of drug-likeness (QED) is 0.448. The van der Waals surface area contributed by atoms with Crippen LogP contribution in [0.5, 0.6) is 5.75 Å². The molecule has 2 N–H and O–H groups in total. The molecule has 4 rings (SSSR count). The summed E-state index contributed by atoms with van der Waals surface area (Å²) in [5.74, 6) is 0.581. The fraction of sp³-hybridized carbons (Fsp3) is 0.240. The first-order valence-corrected chi connectivity index (χ1v) is 10.0. The minimum Gasteiger partial charge on any atom is -0.507 e. The number of aromatic hydroxyl groups is 1. The number of rotatable bonds is 6. The summed E-state index contributed by atoms with van der Waals surface area (Å²) in [4.78, 5) is 11.9. The first-order chi connectivity index (χ1) is 14.4. The normalized spacial score (nSPS) is 12.4. The lowest BCUT2D eigenvalue weighted by molar-refractivity contribution is 0.164. The Hall–Kier alpha value is -3.31. The Labute approximate surface area is 174 Å². The van der Waals surface area contributed by atoms with Crippen LogP contribution in [0.3, 0.4) is 0 Å². The monoisotopic (exact) mass is 404 g/mol. The van der Waals surface area contributed by atoms with Crippen LogP contribution in [-0.2, 0) is 6.42 Å². The highest BCUT2D eigenvalue weighted by Gasteiger charge is 2.18. The van der Waals surface area contributed by atoms with Gasteiger partial charge in [0.05, 0.1) is 11.7 Å². The Morgan fingerprint density at radius 2 is 1.73 bits per heavy atom. The first-order valence-electron chi connectivity index (χ1n) is 10.0. The van der Waals surface area contributed by atoms with Crippen LogP contribution in [0, 0.1) is 13.8 Å². The topological polar surface area (TPSA) is 83.8 Å². The number of aryl methyl sites for hydroxylation is 1. The lowest BCUT2D eigenvalue weighted by Crippen LogP contribution is -2.05. The smallest absolute Gasteiger partial charge is 0.343 e. The Morgan fingerprint density at radius 3 is 2.50 bits per heavy atom. The highest BCUT2D eigenvalue weighted by molar-refractivity contribution is 5.83. The van der Waals surface area contributed by atoms with Gasteiger partial charge in [-0.1, -0.05) is 36.4 Å². The minimum atomic E-state index is -0.578. The molecule has 154 valence electrons. The van der Waals surface area contributed by atoms with Crippen LogP contribution >= 0.6 is 0 Å². The molecule has 5 heteroatoms. The van der Waals surface area contributed by atoms with Crippen molar-refractivity contribution in [3.8, 4) is 17.3 Å². The molecule has 5 nitrogen and oxygen atoms in total. The Bertz CT molecular complexity index is 1230. The van der Waals surface area contributed by atoms with E-state index < -0.39 is 11.7 Å². The summed E-state index contributed by atoms with van der Waals surface area (Å²) in [5.41, 5.74) is 2.84. The van der Waals surface area contributed by atoms with Crippen molar-refractivity contribution in [1.29, 1.82) is 0 Å². The maximum atomic E-state index is 11.9. The molecule has 0 fully saturated rings. The average Bonchev–Trinajstić information content (AvgIpc) is 3.18. The molecule has 4 aromatic rings. The van der Waals surface area contributed by atoms with Crippen molar-refractivity contribution in [2.75, 3.05) is 0 Å². The third-order valence-electron chi connectivity index (χ3n) is 5.48.